The molecule has 0 N–H and O–H groups in total. The molecule has 4 bridgehead atoms. The molecule has 22 heavy (non-hydrogen) atoms. The minimum Gasteiger partial charge on any atom is -0.494 e. The van der Waals surface area contributed by atoms with Gasteiger partial charge in [0.25, 0.3) is 0 Å². The molecular weight excluding hydrogens is 272 g/mol. The minimum atomic E-state index is 0.785. The lowest BCUT2D eigenvalue weighted by Gasteiger charge is -2.09. The summed E-state index contributed by atoms with van der Waals surface area (Å²) < 4.78 is 11.7. The van der Waals surface area contributed by atoms with Gasteiger partial charge in [-0.2, -0.15) is 0 Å². The Morgan fingerprint density at radius 2 is 1.09 bits per heavy atom. The fourth-order valence-corrected chi connectivity index (χ4v) is 2.55. The summed E-state index contributed by atoms with van der Waals surface area (Å²) in [7, 11) is 0. The molecule has 0 fully saturated rings. The van der Waals surface area contributed by atoms with Crippen LogP contribution in [0.3, 0.4) is 0 Å². The quantitative estimate of drug-likeness (QED) is 0.666. The Morgan fingerprint density at radius 3 is 1.59 bits per heavy atom. The molecule has 3 rings (SSSR count). The second-order valence-corrected chi connectivity index (χ2v) is 5.59. The van der Waals surface area contributed by atoms with E-state index in [2.05, 4.69) is 36.4 Å². The summed E-state index contributed by atoms with van der Waals surface area (Å²) in [6, 6.07) is 16.5. The van der Waals surface area contributed by atoms with E-state index in [9.17, 15) is 0 Å². The summed E-state index contributed by atoms with van der Waals surface area (Å²) >= 11 is 0. The number of ether oxygens (including phenoxy) is 2. The summed E-state index contributed by atoms with van der Waals surface area (Å²) in [6.07, 6.45) is 8.77. The molecule has 114 valence electrons. The molecule has 2 heteroatoms. The third-order valence-corrected chi connectivity index (χ3v) is 3.76. The average molecular weight is 294 g/mol. The number of hydrogen-bond donors (Lipinski definition) is 0. The molecule has 0 atom stereocenters. The van der Waals surface area contributed by atoms with Crippen LogP contribution in [0.1, 0.15) is 36.8 Å². The van der Waals surface area contributed by atoms with Gasteiger partial charge in [0.05, 0.1) is 13.2 Å². The van der Waals surface area contributed by atoms with Crippen LogP contribution in [0.2, 0.25) is 0 Å². The van der Waals surface area contributed by atoms with E-state index in [0.29, 0.717) is 0 Å². The Morgan fingerprint density at radius 1 is 0.591 bits per heavy atom. The first kappa shape index (κ1) is 14.7. The zero-order chi connectivity index (χ0) is 15.0. The van der Waals surface area contributed by atoms with E-state index in [-0.39, 0.29) is 0 Å². The van der Waals surface area contributed by atoms with Gasteiger partial charge in [-0.1, -0.05) is 36.4 Å². The molecule has 0 radical (unpaired) electrons. The Labute approximate surface area is 132 Å². The van der Waals surface area contributed by atoms with E-state index in [1.807, 2.05) is 24.3 Å². The van der Waals surface area contributed by atoms with Crippen LogP contribution >= 0.6 is 0 Å². The largest absolute Gasteiger partial charge is 0.494 e. The lowest BCUT2D eigenvalue weighted by Crippen LogP contribution is -2.00. The monoisotopic (exact) mass is 294 g/mol. The molecule has 0 aliphatic carbocycles. The molecule has 0 unspecified atom stereocenters. The predicted octanol–water partition coefficient (Wildman–Crippen LogP) is 5.19. The van der Waals surface area contributed by atoms with Gasteiger partial charge in [0, 0.05) is 0 Å². The zero-order valence-electron chi connectivity index (χ0n) is 12.8. The van der Waals surface area contributed by atoms with Crippen LogP contribution in [-0.2, 0) is 0 Å². The molecule has 0 saturated heterocycles. The molecule has 1 aliphatic rings. The number of benzene rings is 2. The third-order valence-electron chi connectivity index (χ3n) is 3.76. The van der Waals surface area contributed by atoms with Gasteiger partial charge in [0.1, 0.15) is 11.5 Å². The average Bonchev–Trinajstić information content (AvgIpc) is 2.55. The maximum atomic E-state index is 5.83. The maximum Gasteiger partial charge on any atom is 0.119 e. The van der Waals surface area contributed by atoms with Gasteiger partial charge in [0.2, 0.25) is 0 Å². The van der Waals surface area contributed by atoms with E-state index in [1.165, 1.54) is 12.8 Å². The van der Waals surface area contributed by atoms with Crippen molar-refractivity contribution in [3.05, 3.63) is 59.7 Å². The van der Waals surface area contributed by atoms with Crippen LogP contribution in [0.15, 0.2) is 48.5 Å². The van der Waals surface area contributed by atoms with Crippen molar-refractivity contribution in [2.24, 2.45) is 0 Å². The van der Waals surface area contributed by atoms with E-state index < -0.39 is 0 Å². The van der Waals surface area contributed by atoms with E-state index in [4.69, 9.17) is 9.47 Å². The van der Waals surface area contributed by atoms with Crippen LogP contribution in [0.5, 0.6) is 11.5 Å². The first-order chi connectivity index (χ1) is 10.9. The van der Waals surface area contributed by atoms with E-state index in [1.54, 1.807) is 0 Å². The smallest absolute Gasteiger partial charge is 0.119 e. The molecule has 0 spiro atoms. The first-order valence-electron chi connectivity index (χ1n) is 8.04. The molecule has 1 aliphatic heterocycles. The molecule has 1 heterocycles. The Kier molecular flexibility index (Phi) is 5.14. The maximum absolute atomic E-state index is 5.83. The molecule has 2 aromatic carbocycles. The molecule has 0 saturated carbocycles. The van der Waals surface area contributed by atoms with Crippen molar-refractivity contribution in [3.63, 3.8) is 0 Å². The van der Waals surface area contributed by atoms with Crippen molar-refractivity contribution in [1.29, 1.82) is 0 Å². The highest BCUT2D eigenvalue weighted by Crippen LogP contribution is 2.19. The van der Waals surface area contributed by atoms with Gasteiger partial charge in [0.15, 0.2) is 0 Å². The van der Waals surface area contributed by atoms with Gasteiger partial charge in [-0.25, -0.2) is 0 Å². The molecular formula is C20H22O2. The Hall–Kier alpha value is -2.22. The van der Waals surface area contributed by atoms with Gasteiger partial charge in [-0.15, -0.1) is 0 Å². The Bertz CT molecular complexity index is 576. The molecule has 2 nitrogen and oxygen atoms in total. The lowest BCUT2D eigenvalue weighted by molar-refractivity contribution is 0.287. The number of fused-ring (bicyclic) bond motifs is 4. The fourth-order valence-electron chi connectivity index (χ4n) is 2.55. The highest BCUT2D eigenvalue weighted by Gasteiger charge is 1.99. The first-order valence-corrected chi connectivity index (χ1v) is 8.04. The van der Waals surface area contributed by atoms with Gasteiger partial charge < -0.3 is 9.47 Å². The van der Waals surface area contributed by atoms with Crippen LogP contribution in [0, 0.1) is 0 Å². The van der Waals surface area contributed by atoms with Crippen molar-refractivity contribution >= 4 is 12.2 Å². The van der Waals surface area contributed by atoms with E-state index >= 15 is 0 Å². The van der Waals surface area contributed by atoms with Gasteiger partial charge in [-0.05, 0) is 61.1 Å². The van der Waals surface area contributed by atoms with Crippen LogP contribution < -0.4 is 9.47 Å². The topological polar surface area (TPSA) is 18.5 Å². The highest BCUT2D eigenvalue weighted by atomic mass is 16.5. The fraction of sp³-hybridized carbons (Fsp3) is 0.300. The van der Waals surface area contributed by atoms with Crippen LogP contribution in [0.25, 0.3) is 12.2 Å². The number of hydrogen-bond acceptors (Lipinski definition) is 2. The minimum absolute atomic E-state index is 0.785. The van der Waals surface area contributed by atoms with Gasteiger partial charge >= 0.3 is 0 Å². The summed E-state index contributed by atoms with van der Waals surface area (Å²) in [5.41, 5.74) is 2.30. The second kappa shape index (κ2) is 7.69. The second-order valence-electron chi connectivity index (χ2n) is 5.59. The van der Waals surface area contributed by atoms with Crippen molar-refractivity contribution in [2.45, 2.75) is 25.7 Å². The molecule has 0 aromatic heterocycles. The van der Waals surface area contributed by atoms with Crippen molar-refractivity contribution in [2.75, 3.05) is 13.2 Å². The summed E-state index contributed by atoms with van der Waals surface area (Å²) in [5, 5.41) is 0. The SMILES string of the molecule is C1=C/c2cccc(c2)OCCCCCCOc2cccc/1c2. The predicted molar refractivity (Wildman–Crippen MR) is 91.3 cm³/mol. The molecule has 2 aromatic rings. The third kappa shape index (κ3) is 4.39. The Balaban J connectivity index is 1.82. The summed E-state index contributed by atoms with van der Waals surface area (Å²) in [4.78, 5) is 0. The lowest BCUT2D eigenvalue weighted by atomic mass is 10.1. The number of rotatable bonds is 0. The van der Waals surface area contributed by atoms with Crippen molar-refractivity contribution in [1.82, 2.24) is 0 Å². The normalized spacial score (nSPS) is 17.1. The van der Waals surface area contributed by atoms with Gasteiger partial charge in [-0.3, -0.25) is 0 Å². The van der Waals surface area contributed by atoms with Crippen molar-refractivity contribution < 1.29 is 9.47 Å². The summed E-state index contributed by atoms with van der Waals surface area (Å²) in [5.74, 6) is 1.90. The molecule has 0 amide bonds. The van der Waals surface area contributed by atoms with Crippen molar-refractivity contribution in [3.8, 4) is 11.5 Å². The zero-order valence-corrected chi connectivity index (χ0v) is 12.8. The highest BCUT2D eigenvalue weighted by molar-refractivity contribution is 5.70. The van der Waals surface area contributed by atoms with E-state index in [0.717, 1.165) is 48.7 Å². The standard InChI is InChI=1S/C20H22O2/c1-2-4-14-22-20-10-6-8-18(16-20)12-11-17-7-5-9-19(15-17)21-13-3-1/h5-12,15-16H,1-4,13-14H2/b12-11+. The van der Waals surface area contributed by atoms with Crippen LogP contribution in [-0.4, -0.2) is 13.2 Å². The summed E-state index contributed by atoms with van der Waals surface area (Å²) in [6.45, 7) is 1.57. The van der Waals surface area contributed by atoms with Crippen LogP contribution in [0.4, 0.5) is 0 Å².